The third kappa shape index (κ3) is 2.75. The highest BCUT2D eigenvalue weighted by atomic mass is 35.5. The Kier molecular flexibility index (Phi) is 3.48. The van der Waals surface area contributed by atoms with Crippen molar-refractivity contribution >= 4 is 35.4 Å². The summed E-state index contributed by atoms with van der Waals surface area (Å²) in [4.78, 5) is 25.7. The summed E-state index contributed by atoms with van der Waals surface area (Å²) in [6, 6.07) is 9.17. The van der Waals surface area contributed by atoms with Gasteiger partial charge in [0.15, 0.2) is 5.70 Å². The first-order valence-electron chi connectivity index (χ1n) is 6.05. The standard InChI is InChI=1S/C14H7ClN2O5/c15-9-3-1-8(2-4-9)13-16-11(14(18)22-13)7-10-5-6-12(21-10)17(19)20/h1-7H/b11-7+. The van der Waals surface area contributed by atoms with Gasteiger partial charge in [-0.1, -0.05) is 11.6 Å². The maximum absolute atomic E-state index is 11.8. The van der Waals surface area contributed by atoms with Crippen LogP contribution in [0.4, 0.5) is 5.88 Å². The number of nitro groups is 1. The molecule has 2 heterocycles. The Hall–Kier alpha value is -2.93. The molecule has 0 aliphatic carbocycles. The number of esters is 1. The zero-order chi connectivity index (χ0) is 15.7. The predicted octanol–water partition coefficient (Wildman–Crippen LogP) is 3.19. The molecular formula is C14H7ClN2O5. The van der Waals surface area contributed by atoms with E-state index >= 15 is 0 Å². The molecule has 1 aliphatic heterocycles. The Morgan fingerprint density at radius 3 is 2.55 bits per heavy atom. The number of nitrogens with zero attached hydrogens (tertiary/aromatic N) is 2. The van der Waals surface area contributed by atoms with Crippen LogP contribution in [0.25, 0.3) is 6.08 Å². The minimum atomic E-state index is -0.669. The van der Waals surface area contributed by atoms with Crippen molar-refractivity contribution in [3.63, 3.8) is 0 Å². The first-order chi connectivity index (χ1) is 10.5. The molecule has 0 radical (unpaired) electrons. The van der Waals surface area contributed by atoms with E-state index in [0.717, 1.165) is 0 Å². The predicted molar refractivity (Wildman–Crippen MR) is 77.4 cm³/mol. The number of benzene rings is 1. The van der Waals surface area contributed by atoms with Gasteiger partial charge in [-0.3, -0.25) is 10.1 Å². The second-order valence-electron chi connectivity index (χ2n) is 4.28. The van der Waals surface area contributed by atoms with Gasteiger partial charge < -0.3 is 9.15 Å². The van der Waals surface area contributed by atoms with Crippen LogP contribution in [0.2, 0.25) is 5.02 Å². The highest BCUT2D eigenvalue weighted by molar-refractivity contribution is 6.30. The second-order valence-corrected chi connectivity index (χ2v) is 4.71. The molecule has 110 valence electrons. The smallest absolute Gasteiger partial charge is 0.402 e. The molecule has 0 spiro atoms. The fourth-order valence-corrected chi connectivity index (χ4v) is 1.90. The highest BCUT2D eigenvalue weighted by Gasteiger charge is 2.25. The monoisotopic (exact) mass is 318 g/mol. The normalized spacial score (nSPS) is 15.8. The van der Waals surface area contributed by atoms with Crippen LogP contribution in [-0.2, 0) is 9.53 Å². The molecule has 0 saturated heterocycles. The van der Waals surface area contributed by atoms with Gasteiger partial charge in [-0.15, -0.1) is 0 Å². The van der Waals surface area contributed by atoms with Crippen molar-refractivity contribution in [1.82, 2.24) is 0 Å². The van der Waals surface area contributed by atoms with E-state index in [9.17, 15) is 14.9 Å². The Labute approximate surface area is 128 Å². The maximum Gasteiger partial charge on any atom is 0.433 e. The van der Waals surface area contributed by atoms with E-state index in [0.29, 0.717) is 10.6 Å². The zero-order valence-electron chi connectivity index (χ0n) is 10.9. The van der Waals surface area contributed by atoms with E-state index in [1.54, 1.807) is 24.3 Å². The van der Waals surface area contributed by atoms with Crippen LogP contribution in [0.1, 0.15) is 11.3 Å². The molecular weight excluding hydrogens is 312 g/mol. The fourth-order valence-electron chi connectivity index (χ4n) is 1.78. The van der Waals surface area contributed by atoms with Gasteiger partial charge in [0.25, 0.3) is 0 Å². The van der Waals surface area contributed by atoms with Gasteiger partial charge in [-0.25, -0.2) is 9.79 Å². The van der Waals surface area contributed by atoms with Gasteiger partial charge in [0.2, 0.25) is 5.90 Å². The van der Waals surface area contributed by atoms with Gasteiger partial charge in [0.05, 0.1) is 6.07 Å². The van der Waals surface area contributed by atoms with Crippen LogP contribution in [0, 0.1) is 10.1 Å². The fraction of sp³-hybridized carbons (Fsp3) is 0. The second kappa shape index (κ2) is 5.45. The van der Waals surface area contributed by atoms with Crippen molar-refractivity contribution in [2.24, 2.45) is 4.99 Å². The number of rotatable bonds is 3. The first-order valence-corrected chi connectivity index (χ1v) is 6.43. The molecule has 22 heavy (non-hydrogen) atoms. The Morgan fingerprint density at radius 1 is 1.18 bits per heavy atom. The summed E-state index contributed by atoms with van der Waals surface area (Å²) in [6.45, 7) is 0. The van der Waals surface area contributed by atoms with Crippen LogP contribution in [0.5, 0.6) is 0 Å². The van der Waals surface area contributed by atoms with Crippen LogP contribution >= 0.6 is 11.6 Å². The first kappa shape index (κ1) is 14.0. The van der Waals surface area contributed by atoms with E-state index in [1.165, 1.54) is 18.2 Å². The molecule has 1 aliphatic rings. The van der Waals surface area contributed by atoms with Gasteiger partial charge in [0, 0.05) is 16.7 Å². The number of hydrogen-bond donors (Lipinski definition) is 0. The molecule has 0 bridgehead atoms. The lowest BCUT2D eigenvalue weighted by Crippen LogP contribution is -2.05. The number of furan rings is 1. The van der Waals surface area contributed by atoms with Gasteiger partial charge in [-0.05, 0) is 30.3 Å². The highest BCUT2D eigenvalue weighted by Crippen LogP contribution is 2.23. The summed E-state index contributed by atoms with van der Waals surface area (Å²) in [5.41, 5.74) is 0.584. The average molecular weight is 319 g/mol. The van der Waals surface area contributed by atoms with E-state index in [2.05, 4.69) is 4.99 Å². The van der Waals surface area contributed by atoms with Crippen molar-refractivity contribution in [2.75, 3.05) is 0 Å². The number of carbonyl (C=O) groups is 1. The summed E-state index contributed by atoms with van der Waals surface area (Å²) in [5.74, 6) is -0.808. The minimum Gasteiger partial charge on any atom is -0.402 e. The third-order valence-electron chi connectivity index (χ3n) is 2.78. The van der Waals surface area contributed by atoms with E-state index in [1.807, 2.05) is 0 Å². The maximum atomic E-state index is 11.8. The van der Waals surface area contributed by atoms with Crippen LogP contribution in [0.15, 0.2) is 51.5 Å². The number of carbonyl (C=O) groups excluding carboxylic acids is 1. The third-order valence-corrected chi connectivity index (χ3v) is 3.04. The van der Waals surface area contributed by atoms with Gasteiger partial charge in [-0.2, -0.15) is 0 Å². The Bertz CT molecular complexity index is 820. The number of cyclic esters (lactones) is 1. The van der Waals surface area contributed by atoms with E-state index in [4.69, 9.17) is 20.8 Å². The molecule has 2 aromatic rings. The number of hydrogen-bond acceptors (Lipinski definition) is 6. The molecule has 8 heteroatoms. The lowest BCUT2D eigenvalue weighted by atomic mass is 10.2. The quantitative estimate of drug-likeness (QED) is 0.375. The molecule has 0 saturated carbocycles. The summed E-state index contributed by atoms with van der Waals surface area (Å²) < 4.78 is 9.99. The molecule has 1 aromatic carbocycles. The lowest BCUT2D eigenvalue weighted by Gasteiger charge is -1.98. The lowest BCUT2D eigenvalue weighted by molar-refractivity contribution is -0.402. The molecule has 0 N–H and O–H groups in total. The SMILES string of the molecule is O=C1OC(c2ccc(Cl)cc2)=N/C1=C/c1ccc([N+](=O)[O-])o1. The average Bonchev–Trinajstić information content (AvgIpc) is 3.08. The molecule has 0 atom stereocenters. The number of ether oxygens (including phenoxy) is 1. The topological polar surface area (TPSA) is 94.9 Å². The van der Waals surface area contributed by atoms with Crippen molar-refractivity contribution in [2.45, 2.75) is 0 Å². The zero-order valence-corrected chi connectivity index (χ0v) is 11.6. The molecule has 0 amide bonds. The van der Waals surface area contributed by atoms with Crippen LogP contribution in [0.3, 0.4) is 0 Å². The molecule has 0 fully saturated rings. The molecule has 7 nitrogen and oxygen atoms in total. The number of aliphatic imine (C=N–C) groups is 1. The Balaban J connectivity index is 1.90. The van der Waals surface area contributed by atoms with Crippen molar-refractivity contribution in [3.05, 3.63) is 68.6 Å². The minimum absolute atomic E-state index is 0.00537. The van der Waals surface area contributed by atoms with Crippen molar-refractivity contribution in [1.29, 1.82) is 0 Å². The van der Waals surface area contributed by atoms with Crippen LogP contribution in [-0.4, -0.2) is 16.8 Å². The molecule has 0 unspecified atom stereocenters. The van der Waals surface area contributed by atoms with Crippen molar-refractivity contribution in [3.8, 4) is 0 Å². The summed E-state index contributed by atoms with van der Waals surface area (Å²) in [7, 11) is 0. The molecule has 3 rings (SSSR count). The number of halogens is 1. The largest absolute Gasteiger partial charge is 0.433 e. The van der Waals surface area contributed by atoms with Gasteiger partial charge in [0.1, 0.15) is 10.7 Å². The summed E-state index contributed by atoms with van der Waals surface area (Å²) in [6.07, 6.45) is 1.28. The Morgan fingerprint density at radius 2 is 1.91 bits per heavy atom. The van der Waals surface area contributed by atoms with E-state index in [-0.39, 0.29) is 17.4 Å². The summed E-state index contributed by atoms with van der Waals surface area (Å²) >= 11 is 5.78. The van der Waals surface area contributed by atoms with Gasteiger partial charge >= 0.3 is 11.9 Å². The summed E-state index contributed by atoms with van der Waals surface area (Å²) in [5, 5.41) is 11.1. The van der Waals surface area contributed by atoms with Crippen molar-refractivity contribution < 1.29 is 18.9 Å². The van der Waals surface area contributed by atoms with Crippen LogP contribution < -0.4 is 0 Å². The van der Waals surface area contributed by atoms with E-state index < -0.39 is 16.8 Å². The molecule has 1 aromatic heterocycles.